The van der Waals surface area contributed by atoms with Gasteiger partial charge in [0.1, 0.15) is 0 Å². The lowest BCUT2D eigenvalue weighted by molar-refractivity contribution is 0.514. The van der Waals surface area contributed by atoms with Gasteiger partial charge in [0.25, 0.3) is 0 Å². The molecule has 1 aromatic rings. The number of likely N-dealkylation sites (N-methyl/N-ethyl adjacent to an activating group) is 1. The van der Waals surface area contributed by atoms with E-state index in [-0.39, 0.29) is 0 Å². The SMILES string of the molecule is CCc1cn(CC(C)C)c(N(C)C2CCNC2)n1. The Balaban J connectivity index is 2.20. The zero-order valence-corrected chi connectivity index (χ0v) is 12.1. The number of nitrogens with zero attached hydrogens (tertiary/aromatic N) is 3. The van der Waals surface area contributed by atoms with E-state index in [1.165, 1.54) is 12.1 Å². The van der Waals surface area contributed by atoms with Crippen molar-refractivity contribution in [3.05, 3.63) is 11.9 Å². The van der Waals surface area contributed by atoms with Crippen molar-refractivity contribution in [1.29, 1.82) is 0 Å². The Bertz CT molecular complexity index is 377. The van der Waals surface area contributed by atoms with Crippen LogP contribution in [0.2, 0.25) is 0 Å². The molecule has 0 saturated carbocycles. The summed E-state index contributed by atoms with van der Waals surface area (Å²) in [7, 11) is 2.18. The van der Waals surface area contributed by atoms with Crippen molar-refractivity contribution in [2.45, 2.75) is 46.2 Å². The van der Waals surface area contributed by atoms with Crippen molar-refractivity contribution in [2.24, 2.45) is 5.92 Å². The average Bonchev–Trinajstić information content (AvgIpc) is 2.95. The van der Waals surface area contributed by atoms with Gasteiger partial charge in [-0.15, -0.1) is 0 Å². The van der Waals surface area contributed by atoms with Crippen LogP contribution in [-0.4, -0.2) is 35.7 Å². The Morgan fingerprint density at radius 3 is 2.89 bits per heavy atom. The lowest BCUT2D eigenvalue weighted by Gasteiger charge is -2.26. The highest BCUT2D eigenvalue weighted by Gasteiger charge is 2.23. The molecular weight excluding hydrogens is 224 g/mol. The standard InChI is InChI=1S/C14H26N4/c1-5-12-10-18(9-11(2)3)14(16-12)17(4)13-6-7-15-8-13/h10-11,13,15H,5-9H2,1-4H3. The van der Waals surface area contributed by atoms with Crippen LogP contribution in [0, 0.1) is 5.92 Å². The Hall–Kier alpha value is -1.03. The summed E-state index contributed by atoms with van der Waals surface area (Å²) in [4.78, 5) is 7.14. The van der Waals surface area contributed by atoms with Gasteiger partial charge >= 0.3 is 0 Å². The van der Waals surface area contributed by atoms with Crippen LogP contribution < -0.4 is 10.2 Å². The second-order valence-electron chi connectivity index (χ2n) is 5.69. The second-order valence-corrected chi connectivity index (χ2v) is 5.69. The monoisotopic (exact) mass is 250 g/mol. The summed E-state index contributed by atoms with van der Waals surface area (Å²) < 4.78 is 2.32. The third-order valence-electron chi connectivity index (χ3n) is 3.63. The lowest BCUT2D eigenvalue weighted by atomic mass is 10.2. The molecule has 1 aliphatic heterocycles. The number of aryl methyl sites for hydroxylation is 1. The summed E-state index contributed by atoms with van der Waals surface area (Å²) in [5.41, 5.74) is 1.20. The van der Waals surface area contributed by atoms with Crippen molar-refractivity contribution in [1.82, 2.24) is 14.9 Å². The van der Waals surface area contributed by atoms with Gasteiger partial charge in [0.15, 0.2) is 0 Å². The summed E-state index contributed by atoms with van der Waals surface area (Å²) in [5.74, 6) is 1.78. The maximum absolute atomic E-state index is 4.79. The Morgan fingerprint density at radius 1 is 1.56 bits per heavy atom. The Labute approximate surface area is 110 Å². The molecule has 1 fully saturated rings. The molecule has 4 nitrogen and oxygen atoms in total. The number of imidazole rings is 1. The normalized spacial score (nSPS) is 19.7. The van der Waals surface area contributed by atoms with Crippen LogP contribution in [0.1, 0.15) is 32.9 Å². The molecule has 0 bridgehead atoms. The largest absolute Gasteiger partial charge is 0.341 e. The molecule has 102 valence electrons. The molecule has 0 spiro atoms. The number of anilines is 1. The minimum atomic E-state index is 0.586. The fourth-order valence-corrected chi connectivity index (χ4v) is 2.57. The molecule has 1 saturated heterocycles. The fourth-order valence-electron chi connectivity index (χ4n) is 2.57. The number of aromatic nitrogens is 2. The molecule has 2 rings (SSSR count). The molecule has 4 heteroatoms. The molecule has 18 heavy (non-hydrogen) atoms. The second kappa shape index (κ2) is 5.74. The lowest BCUT2D eigenvalue weighted by Crippen LogP contribution is -2.35. The number of hydrogen-bond donors (Lipinski definition) is 1. The number of hydrogen-bond acceptors (Lipinski definition) is 3. The first kappa shape index (κ1) is 13.4. The molecule has 1 unspecified atom stereocenters. The molecule has 0 aromatic carbocycles. The van der Waals surface area contributed by atoms with Crippen LogP contribution in [0.4, 0.5) is 5.95 Å². The highest BCUT2D eigenvalue weighted by Crippen LogP contribution is 2.20. The topological polar surface area (TPSA) is 33.1 Å². The summed E-state index contributed by atoms with van der Waals surface area (Å²) in [6.45, 7) is 9.93. The highest BCUT2D eigenvalue weighted by atomic mass is 15.3. The van der Waals surface area contributed by atoms with Crippen LogP contribution in [-0.2, 0) is 13.0 Å². The molecular formula is C14H26N4. The van der Waals surface area contributed by atoms with Gasteiger partial charge in [0.2, 0.25) is 5.95 Å². The van der Waals surface area contributed by atoms with E-state index in [2.05, 4.69) is 48.8 Å². The van der Waals surface area contributed by atoms with Gasteiger partial charge in [-0.05, 0) is 25.3 Å². The van der Waals surface area contributed by atoms with E-state index in [9.17, 15) is 0 Å². The van der Waals surface area contributed by atoms with Gasteiger partial charge in [-0.3, -0.25) is 0 Å². The maximum atomic E-state index is 4.79. The van der Waals surface area contributed by atoms with E-state index in [0.717, 1.165) is 32.0 Å². The molecule has 2 heterocycles. The molecule has 1 aliphatic rings. The zero-order chi connectivity index (χ0) is 13.1. The zero-order valence-electron chi connectivity index (χ0n) is 12.1. The smallest absolute Gasteiger partial charge is 0.205 e. The average molecular weight is 250 g/mol. The van der Waals surface area contributed by atoms with Gasteiger partial charge < -0.3 is 14.8 Å². The van der Waals surface area contributed by atoms with E-state index in [1.54, 1.807) is 0 Å². The minimum absolute atomic E-state index is 0.586. The van der Waals surface area contributed by atoms with Crippen LogP contribution in [0.5, 0.6) is 0 Å². The van der Waals surface area contributed by atoms with Crippen LogP contribution in [0.25, 0.3) is 0 Å². The summed E-state index contributed by atoms with van der Waals surface area (Å²) >= 11 is 0. The van der Waals surface area contributed by atoms with Crippen LogP contribution in [0.3, 0.4) is 0 Å². The number of rotatable bonds is 5. The van der Waals surface area contributed by atoms with E-state index in [4.69, 9.17) is 4.98 Å². The maximum Gasteiger partial charge on any atom is 0.205 e. The summed E-state index contributed by atoms with van der Waals surface area (Å²) in [6.07, 6.45) is 4.44. The molecule has 1 aromatic heterocycles. The van der Waals surface area contributed by atoms with Crippen LogP contribution >= 0.6 is 0 Å². The first-order valence-electron chi connectivity index (χ1n) is 7.11. The molecule has 1 N–H and O–H groups in total. The predicted molar refractivity (Wildman–Crippen MR) is 76.1 cm³/mol. The third-order valence-corrected chi connectivity index (χ3v) is 3.63. The minimum Gasteiger partial charge on any atom is -0.341 e. The van der Waals surface area contributed by atoms with Crippen LogP contribution in [0.15, 0.2) is 6.20 Å². The van der Waals surface area contributed by atoms with Crippen molar-refractivity contribution < 1.29 is 0 Å². The Morgan fingerprint density at radius 2 is 2.33 bits per heavy atom. The van der Waals surface area contributed by atoms with E-state index < -0.39 is 0 Å². The van der Waals surface area contributed by atoms with Gasteiger partial charge in [-0.25, -0.2) is 4.98 Å². The first-order valence-corrected chi connectivity index (χ1v) is 7.11. The molecule has 1 atom stereocenters. The Kier molecular flexibility index (Phi) is 4.27. The predicted octanol–water partition coefficient (Wildman–Crippen LogP) is 1.90. The summed E-state index contributed by atoms with van der Waals surface area (Å²) in [5, 5.41) is 3.43. The van der Waals surface area contributed by atoms with E-state index in [1.807, 2.05) is 0 Å². The molecule has 0 aliphatic carbocycles. The van der Waals surface area contributed by atoms with Crippen molar-refractivity contribution in [3.8, 4) is 0 Å². The fraction of sp³-hybridized carbons (Fsp3) is 0.786. The first-order chi connectivity index (χ1) is 8.61. The van der Waals surface area contributed by atoms with Crippen molar-refractivity contribution >= 4 is 5.95 Å². The molecule has 0 radical (unpaired) electrons. The highest BCUT2D eigenvalue weighted by molar-refractivity contribution is 5.34. The van der Waals surface area contributed by atoms with Gasteiger partial charge in [0, 0.05) is 32.4 Å². The quantitative estimate of drug-likeness (QED) is 0.866. The molecule has 0 amide bonds. The van der Waals surface area contributed by atoms with Gasteiger partial charge in [-0.2, -0.15) is 0 Å². The van der Waals surface area contributed by atoms with E-state index >= 15 is 0 Å². The van der Waals surface area contributed by atoms with Crippen molar-refractivity contribution in [3.63, 3.8) is 0 Å². The van der Waals surface area contributed by atoms with E-state index in [0.29, 0.717) is 12.0 Å². The number of nitrogens with one attached hydrogen (secondary N) is 1. The summed E-state index contributed by atoms with van der Waals surface area (Å²) in [6, 6.07) is 0.586. The van der Waals surface area contributed by atoms with Gasteiger partial charge in [-0.1, -0.05) is 20.8 Å². The third kappa shape index (κ3) is 2.86. The van der Waals surface area contributed by atoms with Crippen molar-refractivity contribution in [2.75, 3.05) is 25.0 Å². The van der Waals surface area contributed by atoms with Gasteiger partial charge in [0.05, 0.1) is 5.69 Å².